The van der Waals surface area contributed by atoms with Crippen molar-refractivity contribution in [2.45, 2.75) is 26.4 Å². The Labute approximate surface area is 99.0 Å². The van der Waals surface area contributed by atoms with E-state index in [0.29, 0.717) is 11.1 Å². The first-order chi connectivity index (χ1) is 7.93. The first-order valence-corrected chi connectivity index (χ1v) is 5.19. The predicted molar refractivity (Wildman–Crippen MR) is 63.3 cm³/mol. The van der Waals surface area contributed by atoms with Crippen molar-refractivity contribution in [3.05, 3.63) is 39.4 Å². The highest BCUT2D eigenvalue weighted by Crippen LogP contribution is 2.20. The van der Waals surface area contributed by atoms with Crippen molar-refractivity contribution in [3.63, 3.8) is 0 Å². The number of amides is 1. The molecule has 0 aliphatic carbocycles. The zero-order valence-corrected chi connectivity index (χ0v) is 9.77. The summed E-state index contributed by atoms with van der Waals surface area (Å²) in [6, 6.07) is 4.18. The summed E-state index contributed by atoms with van der Waals surface area (Å²) in [5.74, 6) is -0.282. The maximum Gasteiger partial charge on any atom is 0.272 e. The van der Waals surface area contributed by atoms with Crippen molar-refractivity contribution in [1.29, 1.82) is 0 Å². The van der Waals surface area contributed by atoms with E-state index in [1.54, 1.807) is 26.0 Å². The van der Waals surface area contributed by atoms with Gasteiger partial charge in [0.1, 0.15) is 0 Å². The molecule has 0 aliphatic rings. The minimum absolute atomic E-state index is 0.0533. The lowest BCUT2D eigenvalue weighted by molar-refractivity contribution is -0.385. The van der Waals surface area contributed by atoms with Gasteiger partial charge in [0.05, 0.1) is 11.0 Å². The molecular weight excluding hydrogens is 222 g/mol. The van der Waals surface area contributed by atoms with E-state index in [-0.39, 0.29) is 18.1 Å². The van der Waals surface area contributed by atoms with E-state index in [4.69, 9.17) is 5.73 Å². The fourth-order valence-electron chi connectivity index (χ4n) is 1.40. The number of carbonyl (C=O) groups excluding carboxylic acids is 1. The highest BCUT2D eigenvalue weighted by atomic mass is 16.6. The lowest BCUT2D eigenvalue weighted by Crippen LogP contribution is -2.37. The molecule has 3 N–H and O–H groups in total. The average Bonchev–Trinajstić information content (AvgIpc) is 2.26. The van der Waals surface area contributed by atoms with E-state index < -0.39 is 11.0 Å². The molecule has 0 bridgehead atoms. The molecule has 17 heavy (non-hydrogen) atoms. The standard InChI is InChI=1S/C11H15N3O3/c1-7-9(6-13-11(15)8(2)12)4-3-5-10(7)14(16)17/h3-5,8H,6,12H2,1-2H3,(H,13,15)/t8-/m1/s1. The molecule has 0 aromatic heterocycles. The summed E-state index contributed by atoms with van der Waals surface area (Å²) in [4.78, 5) is 21.6. The molecule has 0 aliphatic heterocycles. The van der Waals surface area contributed by atoms with Gasteiger partial charge in [-0.2, -0.15) is 0 Å². The number of hydrogen-bond acceptors (Lipinski definition) is 4. The molecule has 0 unspecified atom stereocenters. The zero-order valence-electron chi connectivity index (χ0n) is 9.77. The van der Waals surface area contributed by atoms with Crippen molar-refractivity contribution in [2.24, 2.45) is 5.73 Å². The van der Waals surface area contributed by atoms with Crippen LogP contribution in [0.15, 0.2) is 18.2 Å². The second-order valence-corrected chi connectivity index (χ2v) is 3.82. The van der Waals surface area contributed by atoms with Gasteiger partial charge in [0, 0.05) is 18.2 Å². The molecule has 0 saturated heterocycles. The second-order valence-electron chi connectivity index (χ2n) is 3.82. The third-order valence-corrected chi connectivity index (χ3v) is 2.48. The van der Waals surface area contributed by atoms with E-state index in [9.17, 15) is 14.9 Å². The van der Waals surface area contributed by atoms with Gasteiger partial charge in [0.15, 0.2) is 0 Å². The number of benzene rings is 1. The monoisotopic (exact) mass is 237 g/mol. The lowest BCUT2D eigenvalue weighted by atomic mass is 10.1. The van der Waals surface area contributed by atoms with Crippen LogP contribution in [0.2, 0.25) is 0 Å². The summed E-state index contributed by atoms with van der Waals surface area (Å²) < 4.78 is 0. The maximum atomic E-state index is 11.3. The summed E-state index contributed by atoms with van der Waals surface area (Å²) in [5.41, 5.74) is 6.72. The molecule has 1 aromatic rings. The van der Waals surface area contributed by atoms with Gasteiger partial charge in [0.25, 0.3) is 5.69 Å². The van der Waals surface area contributed by atoms with Crippen molar-refractivity contribution >= 4 is 11.6 Å². The van der Waals surface area contributed by atoms with Gasteiger partial charge >= 0.3 is 0 Å². The largest absolute Gasteiger partial charge is 0.351 e. The molecule has 0 heterocycles. The van der Waals surface area contributed by atoms with E-state index >= 15 is 0 Å². The maximum absolute atomic E-state index is 11.3. The number of nitrogens with one attached hydrogen (secondary N) is 1. The van der Waals surface area contributed by atoms with Gasteiger partial charge in [-0.3, -0.25) is 14.9 Å². The summed E-state index contributed by atoms with van der Waals surface area (Å²) >= 11 is 0. The molecule has 1 amide bonds. The molecule has 6 heteroatoms. The Morgan fingerprint density at radius 2 is 2.24 bits per heavy atom. The van der Waals surface area contributed by atoms with Crippen LogP contribution in [-0.4, -0.2) is 16.9 Å². The average molecular weight is 237 g/mol. The van der Waals surface area contributed by atoms with Crippen molar-refractivity contribution in [2.75, 3.05) is 0 Å². The number of nitrogens with zero attached hydrogens (tertiary/aromatic N) is 1. The van der Waals surface area contributed by atoms with Crippen LogP contribution in [0, 0.1) is 17.0 Å². The van der Waals surface area contributed by atoms with Gasteiger partial charge in [-0.1, -0.05) is 12.1 Å². The van der Waals surface area contributed by atoms with Crippen LogP contribution in [0.5, 0.6) is 0 Å². The van der Waals surface area contributed by atoms with E-state index in [2.05, 4.69) is 5.32 Å². The van der Waals surface area contributed by atoms with Crippen molar-refractivity contribution in [1.82, 2.24) is 5.32 Å². The number of rotatable bonds is 4. The van der Waals surface area contributed by atoms with Crippen LogP contribution in [0.3, 0.4) is 0 Å². The smallest absolute Gasteiger partial charge is 0.272 e. The lowest BCUT2D eigenvalue weighted by Gasteiger charge is -2.09. The van der Waals surface area contributed by atoms with Crippen LogP contribution in [0.25, 0.3) is 0 Å². The number of nitrogens with two attached hydrogens (primary N) is 1. The van der Waals surface area contributed by atoms with Gasteiger partial charge in [0.2, 0.25) is 5.91 Å². The molecule has 6 nitrogen and oxygen atoms in total. The van der Waals surface area contributed by atoms with Gasteiger partial charge in [-0.05, 0) is 19.4 Å². The van der Waals surface area contributed by atoms with Gasteiger partial charge in [-0.25, -0.2) is 0 Å². The Balaban J connectivity index is 2.82. The summed E-state index contributed by atoms with van der Waals surface area (Å²) in [5, 5.41) is 13.3. The van der Waals surface area contributed by atoms with Crippen LogP contribution in [0.1, 0.15) is 18.1 Å². The molecule has 0 fully saturated rings. The number of carbonyl (C=O) groups is 1. The van der Waals surface area contributed by atoms with Crippen LogP contribution in [0.4, 0.5) is 5.69 Å². The van der Waals surface area contributed by atoms with Crippen molar-refractivity contribution < 1.29 is 9.72 Å². The quantitative estimate of drug-likeness (QED) is 0.599. The first kappa shape index (κ1) is 13.1. The number of hydrogen-bond donors (Lipinski definition) is 2. The highest BCUT2D eigenvalue weighted by molar-refractivity contribution is 5.80. The Morgan fingerprint density at radius 1 is 1.59 bits per heavy atom. The Bertz CT molecular complexity index is 444. The Morgan fingerprint density at radius 3 is 2.76 bits per heavy atom. The molecule has 1 atom stereocenters. The number of nitro benzene ring substituents is 1. The molecular formula is C11H15N3O3. The molecule has 92 valence electrons. The molecule has 0 radical (unpaired) electrons. The summed E-state index contributed by atoms with van der Waals surface area (Å²) in [6.07, 6.45) is 0. The summed E-state index contributed by atoms with van der Waals surface area (Å²) in [7, 11) is 0. The van der Waals surface area contributed by atoms with Crippen LogP contribution in [-0.2, 0) is 11.3 Å². The Hall–Kier alpha value is -1.95. The molecule has 1 rings (SSSR count). The van der Waals surface area contributed by atoms with Crippen molar-refractivity contribution in [3.8, 4) is 0 Å². The topological polar surface area (TPSA) is 98.3 Å². The van der Waals surface area contributed by atoms with E-state index in [1.807, 2.05) is 0 Å². The minimum atomic E-state index is -0.589. The predicted octanol–water partition coefficient (Wildman–Crippen LogP) is 0.867. The van der Waals surface area contributed by atoms with Gasteiger partial charge < -0.3 is 11.1 Å². The minimum Gasteiger partial charge on any atom is -0.351 e. The third kappa shape index (κ3) is 3.25. The van der Waals surface area contributed by atoms with Gasteiger partial charge in [-0.15, -0.1) is 0 Å². The first-order valence-electron chi connectivity index (χ1n) is 5.19. The third-order valence-electron chi connectivity index (χ3n) is 2.48. The zero-order chi connectivity index (χ0) is 13.0. The fourth-order valence-corrected chi connectivity index (χ4v) is 1.40. The second kappa shape index (κ2) is 5.40. The molecule has 1 aromatic carbocycles. The SMILES string of the molecule is Cc1c(CNC(=O)[C@@H](C)N)cccc1[N+](=O)[O-]. The van der Waals surface area contributed by atoms with E-state index in [0.717, 1.165) is 0 Å². The van der Waals surface area contributed by atoms with E-state index in [1.165, 1.54) is 6.07 Å². The summed E-state index contributed by atoms with van der Waals surface area (Å²) in [6.45, 7) is 3.48. The Kier molecular flexibility index (Phi) is 4.17. The highest BCUT2D eigenvalue weighted by Gasteiger charge is 2.14. The fraction of sp³-hybridized carbons (Fsp3) is 0.364. The molecule has 0 saturated carbocycles. The normalized spacial score (nSPS) is 11.9. The van der Waals surface area contributed by atoms with Crippen LogP contribution < -0.4 is 11.1 Å². The molecule has 0 spiro atoms. The van der Waals surface area contributed by atoms with Crippen LogP contribution >= 0.6 is 0 Å². The number of nitro groups is 1.